The zero-order valence-electron chi connectivity index (χ0n) is 11.3. The van der Waals surface area contributed by atoms with Crippen molar-refractivity contribution >= 4 is 5.69 Å². The van der Waals surface area contributed by atoms with Crippen LogP contribution in [0.25, 0.3) is 0 Å². The van der Waals surface area contributed by atoms with Crippen LogP contribution in [0.3, 0.4) is 0 Å². The molecule has 0 aliphatic carbocycles. The Kier molecular flexibility index (Phi) is 4.06. The second kappa shape index (κ2) is 5.54. The first kappa shape index (κ1) is 12.4. The van der Waals surface area contributed by atoms with Gasteiger partial charge < -0.3 is 10.2 Å². The molecule has 1 aromatic rings. The van der Waals surface area contributed by atoms with Crippen molar-refractivity contribution in [2.75, 3.05) is 31.6 Å². The summed E-state index contributed by atoms with van der Waals surface area (Å²) in [6, 6.07) is 6.79. The van der Waals surface area contributed by atoms with Gasteiger partial charge >= 0.3 is 0 Å². The van der Waals surface area contributed by atoms with E-state index in [-0.39, 0.29) is 0 Å². The highest BCUT2D eigenvalue weighted by Crippen LogP contribution is 2.32. The minimum absolute atomic E-state index is 0.735. The topological polar surface area (TPSA) is 15.3 Å². The molecule has 1 heterocycles. The Labute approximate surface area is 105 Å². The second-order valence-corrected chi connectivity index (χ2v) is 5.37. The third-order valence-corrected chi connectivity index (χ3v) is 3.40. The monoisotopic (exact) mass is 232 g/mol. The molecule has 1 aliphatic heterocycles. The molecule has 0 unspecified atom stereocenters. The van der Waals surface area contributed by atoms with Crippen LogP contribution < -0.4 is 10.2 Å². The first-order valence-corrected chi connectivity index (χ1v) is 6.72. The van der Waals surface area contributed by atoms with Crippen LogP contribution in [0.5, 0.6) is 0 Å². The molecular weight excluding hydrogens is 208 g/mol. The van der Waals surface area contributed by atoms with Gasteiger partial charge in [-0.2, -0.15) is 0 Å². The molecule has 1 N–H and O–H groups in total. The van der Waals surface area contributed by atoms with E-state index in [1.807, 2.05) is 7.05 Å². The Balaban J connectivity index is 2.21. The predicted molar refractivity (Wildman–Crippen MR) is 74.8 cm³/mol. The van der Waals surface area contributed by atoms with Crippen LogP contribution in [0.2, 0.25) is 0 Å². The molecule has 0 spiro atoms. The Hall–Kier alpha value is -1.02. The first-order valence-electron chi connectivity index (χ1n) is 6.72. The van der Waals surface area contributed by atoms with Gasteiger partial charge in [0.05, 0.1) is 0 Å². The number of nitrogens with zero attached hydrogens (tertiary/aromatic N) is 1. The SMILES string of the molecule is CNCCc1cccc2c1N(CC(C)C)CC2. The number of rotatable bonds is 5. The molecule has 0 saturated carbocycles. The van der Waals surface area contributed by atoms with Crippen LogP contribution in [0.4, 0.5) is 5.69 Å². The molecule has 0 amide bonds. The van der Waals surface area contributed by atoms with Crippen LogP contribution in [0, 0.1) is 5.92 Å². The summed E-state index contributed by atoms with van der Waals surface area (Å²) in [5.41, 5.74) is 4.57. The zero-order valence-corrected chi connectivity index (χ0v) is 11.3. The first-order chi connectivity index (χ1) is 8.22. The quantitative estimate of drug-likeness (QED) is 0.839. The lowest BCUT2D eigenvalue weighted by Gasteiger charge is -2.24. The molecule has 2 heteroatoms. The van der Waals surface area contributed by atoms with Crippen LogP contribution in [-0.2, 0) is 12.8 Å². The Morgan fingerprint density at radius 2 is 2.18 bits per heavy atom. The zero-order chi connectivity index (χ0) is 12.3. The molecule has 1 aromatic carbocycles. The van der Waals surface area contributed by atoms with Crippen molar-refractivity contribution in [3.8, 4) is 0 Å². The van der Waals surface area contributed by atoms with Gasteiger partial charge in [0.1, 0.15) is 0 Å². The van der Waals surface area contributed by atoms with Crippen LogP contribution >= 0.6 is 0 Å². The van der Waals surface area contributed by atoms with Crippen molar-refractivity contribution in [1.29, 1.82) is 0 Å². The summed E-state index contributed by atoms with van der Waals surface area (Å²) in [5, 5.41) is 3.24. The van der Waals surface area contributed by atoms with Crippen LogP contribution in [0.1, 0.15) is 25.0 Å². The van der Waals surface area contributed by atoms with Crippen LogP contribution in [0.15, 0.2) is 18.2 Å². The van der Waals surface area contributed by atoms with E-state index in [2.05, 4.69) is 42.3 Å². The maximum absolute atomic E-state index is 3.24. The average Bonchev–Trinajstić information content (AvgIpc) is 2.70. The summed E-state index contributed by atoms with van der Waals surface area (Å²) in [4.78, 5) is 2.57. The standard InChI is InChI=1S/C15H24N2/c1-12(2)11-17-10-8-14-6-4-5-13(15(14)17)7-9-16-3/h4-6,12,16H,7-11H2,1-3H3. The highest BCUT2D eigenvalue weighted by molar-refractivity contribution is 5.63. The van der Waals surface area contributed by atoms with Gasteiger partial charge in [-0.15, -0.1) is 0 Å². The average molecular weight is 232 g/mol. The van der Waals surface area contributed by atoms with Crippen molar-refractivity contribution in [1.82, 2.24) is 5.32 Å². The normalized spacial score (nSPS) is 14.5. The van der Waals surface area contributed by atoms with E-state index in [1.54, 1.807) is 5.56 Å². The van der Waals surface area contributed by atoms with Gasteiger partial charge in [-0.05, 0) is 43.5 Å². The van der Waals surface area contributed by atoms with Crippen LogP contribution in [-0.4, -0.2) is 26.7 Å². The summed E-state index contributed by atoms with van der Waals surface area (Å²) in [6.45, 7) is 8.04. The molecule has 2 nitrogen and oxygen atoms in total. The van der Waals surface area contributed by atoms with Crippen molar-refractivity contribution in [3.05, 3.63) is 29.3 Å². The number of likely N-dealkylation sites (N-methyl/N-ethyl adjacent to an activating group) is 1. The number of benzene rings is 1. The largest absolute Gasteiger partial charge is 0.370 e. The molecule has 2 rings (SSSR count). The number of anilines is 1. The van der Waals surface area contributed by atoms with Gasteiger partial charge in [0, 0.05) is 18.8 Å². The van der Waals surface area contributed by atoms with E-state index >= 15 is 0 Å². The highest BCUT2D eigenvalue weighted by Gasteiger charge is 2.22. The summed E-state index contributed by atoms with van der Waals surface area (Å²) < 4.78 is 0. The van der Waals surface area contributed by atoms with E-state index in [1.165, 1.54) is 30.8 Å². The Bertz CT molecular complexity index is 371. The Morgan fingerprint density at radius 1 is 1.35 bits per heavy atom. The van der Waals surface area contributed by atoms with Gasteiger partial charge in [0.25, 0.3) is 0 Å². The lowest BCUT2D eigenvalue weighted by atomic mass is 10.0. The fourth-order valence-electron chi connectivity index (χ4n) is 2.70. The van der Waals surface area contributed by atoms with Crippen molar-refractivity contribution in [3.63, 3.8) is 0 Å². The second-order valence-electron chi connectivity index (χ2n) is 5.37. The number of fused-ring (bicyclic) bond motifs is 1. The predicted octanol–water partition coefficient (Wildman–Crippen LogP) is 2.47. The fraction of sp³-hybridized carbons (Fsp3) is 0.600. The highest BCUT2D eigenvalue weighted by atomic mass is 15.1. The van der Waals surface area contributed by atoms with Gasteiger partial charge in [0.15, 0.2) is 0 Å². The molecular formula is C15H24N2. The Morgan fingerprint density at radius 3 is 2.88 bits per heavy atom. The molecule has 0 radical (unpaired) electrons. The van der Waals surface area contributed by atoms with Gasteiger partial charge in [-0.1, -0.05) is 32.0 Å². The number of hydrogen-bond acceptors (Lipinski definition) is 2. The number of para-hydroxylation sites is 1. The van der Waals surface area contributed by atoms with E-state index in [0.717, 1.165) is 18.9 Å². The molecule has 17 heavy (non-hydrogen) atoms. The van der Waals surface area contributed by atoms with Gasteiger partial charge in [-0.3, -0.25) is 0 Å². The molecule has 0 fully saturated rings. The van der Waals surface area contributed by atoms with E-state index in [4.69, 9.17) is 0 Å². The third kappa shape index (κ3) is 2.81. The summed E-state index contributed by atoms with van der Waals surface area (Å²) >= 11 is 0. The van der Waals surface area contributed by atoms with Crippen molar-refractivity contribution in [2.45, 2.75) is 26.7 Å². The van der Waals surface area contributed by atoms with E-state index in [0.29, 0.717) is 0 Å². The smallest absolute Gasteiger partial charge is 0.0432 e. The summed E-state index contributed by atoms with van der Waals surface area (Å²) in [6.07, 6.45) is 2.35. The summed E-state index contributed by atoms with van der Waals surface area (Å²) in [7, 11) is 2.02. The minimum Gasteiger partial charge on any atom is -0.370 e. The molecule has 0 atom stereocenters. The number of nitrogens with one attached hydrogen (secondary N) is 1. The molecule has 0 bridgehead atoms. The fourth-order valence-corrected chi connectivity index (χ4v) is 2.70. The lowest BCUT2D eigenvalue weighted by molar-refractivity contribution is 0.620. The van der Waals surface area contributed by atoms with E-state index < -0.39 is 0 Å². The molecule has 94 valence electrons. The molecule has 0 aromatic heterocycles. The van der Waals surface area contributed by atoms with Crippen molar-refractivity contribution < 1.29 is 0 Å². The molecule has 0 saturated heterocycles. The van der Waals surface area contributed by atoms with Gasteiger partial charge in [-0.25, -0.2) is 0 Å². The van der Waals surface area contributed by atoms with E-state index in [9.17, 15) is 0 Å². The number of hydrogen-bond donors (Lipinski definition) is 1. The summed E-state index contributed by atoms with van der Waals surface area (Å²) in [5.74, 6) is 0.735. The van der Waals surface area contributed by atoms with Gasteiger partial charge in [0.2, 0.25) is 0 Å². The minimum atomic E-state index is 0.735. The molecule has 1 aliphatic rings. The third-order valence-electron chi connectivity index (χ3n) is 3.40. The maximum atomic E-state index is 3.24. The lowest BCUT2D eigenvalue weighted by Crippen LogP contribution is -2.26. The van der Waals surface area contributed by atoms with Crippen molar-refractivity contribution in [2.24, 2.45) is 5.92 Å². The maximum Gasteiger partial charge on any atom is 0.0432 e.